The van der Waals surface area contributed by atoms with E-state index < -0.39 is 5.60 Å². The minimum atomic E-state index is -1.48. The highest BCUT2D eigenvalue weighted by Gasteiger charge is 2.48. The predicted molar refractivity (Wildman–Crippen MR) is 124 cm³/mol. The minimum absolute atomic E-state index is 0.0515. The molecule has 1 saturated heterocycles. The van der Waals surface area contributed by atoms with Gasteiger partial charge >= 0.3 is 0 Å². The molecule has 1 saturated carbocycles. The number of rotatable bonds is 5. The molecule has 1 aliphatic heterocycles. The third kappa shape index (κ3) is 4.58. The van der Waals surface area contributed by atoms with Crippen LogP contribution >= 0.6 is 0 Å². The monoisotopic (exact) mass is 436 g/mol. The van der Waals surface area contributed by atoms with Crippen molar-refractivity contribution >= 4 is 11.9 Å². The van der Waals surface area contributed by atoms with Gasteiger partial charge in [0.05, 0.1) is 6.54 Å². The Morgan fingerprint density at radius 1 is 1.00 bits per heavy atom. The van der Waals surface area contributed by atoms with Crippen molar-refractivity contribution in [3.8, 4) is 5.75 Å². The van der Waals surface area contributed by atoms with Crippen molar-refractivity contribution in [3.63, 3.8) is 0 Å². The highest BCUT2D eigenvalue weighted by molar-refractivity contribution is 5.87. The van der Waals surface area contributed by atoms with Crippen molar-refractivity contribution in [2.45, 2.75) is 37.8 Å². The Bertz CT molecular complexity index is 951. The molecule has 32 heavy (non-hydrogen) atoms. The number of guanidine groups is 1. The van der Waals surface area contributed by atoms with E-state index in [-0.39, 0.29) is 17.6 Å². The molecular formula is C25H32N4O3. The number of aliphatic hydroxyl groups is 1. The first-order chi connectivity index (χ1) is 15.5. The SMILES string of the molecule is NC(=NCc1cccc(O)c1)N1CCN(C(=O)[C@](O)(c2ccccc2)C2CCCC2)CC1. The van der Waals surface area contributed by atoms with Gasteiger partial charge in [-0.1, -0.05) is 55.3 Å². The average Bonchev–Trinajstić information content (AvgIpc) is 3.38. The molecule has 7 heteroatoms. The Balaban J connectivity index is 1.42. The first kappa shape index (κ1) is 22.1. The summed E-state index contributed by atoms with van der Waals surface area (Å²) in [6, 6.07) is 16.3. The summed E-state index contributed by atoms with van der Waals surface area (Å²) in [6.07, 6.45) is 3.83. The molecule has 0 radical (unpaired) electrons. The molecule has 0 bridgehead atoms. The van der Waals surface area contributed by atoms with E-state index in [9.17, 15) is 15.0 Å². The molecule has 2 aliphatic rings. The van der Waals surface area contributed by atoms with Crippen LogP contribution in [0.2, 0.25) is 0 Å². The summed E-state index contributed by atoms with van der Waals surface area (Å²) in [6.45, 7) is 2.49. The topological polar surface area (TPSA) is 102 Å². The third-order valence-corrected chi connectivity index (χ3v) is 6.71. The van der Waals surface area contributed by atoms with Gasteiger partial charge in [0.25, 0.3) is 5.91 Å². The van der Waals surface area contributed by atoms with Crippen molar-refractivity contribution in [3.05, 3.63) is 65.7 Å². The van der Waals surface area contributed by atoms with E-state index in [2.05, 4.69) is 4.99 Å². The molecule has 0 unspecified atom stereocenters. The van der Waals surface area contributed by atoms with Crippen molar-refractivity contribution < 1.29 is 15.0 Å². The number of amides is 1. The quantitative estimate of drug-likeness (QED) is 0.494. The predicted octanol–water partition coefficient (Wildman–Crippen LogP) is 2.43. The summed E-state index contributed by atoms with van der Waals surface area (Å²) in [7, 11) is 0. The fourth-order valence-corrected chi connectivity index (χ4v) is 4.88. The second-order valence-electron chi connectivity index (χ2n) is 8.74. The van der Waals surface area contributed by atoms with Gasteiger partial charge in [0.2, 0.25) is 0 Å². The number of carbonyl (C=O) groups is 1. The van der Waals surface area contributed by atoms with E-state index in [1.54, 1.807) is 23.1 Å². The molecule has 2 aromatic rings. The lowest BCUT2D eigenvalue weighted by atomic mass is 9.79. The Morgan fingerprint density at radius 2 is 1.66 bits per heavy atom. The zero-order valence-electron chi connectivity index (χ0n) is 18.4. The molecule has 7 nitrogen and oxygen atoms in total. The maximum Gasteiger partial charge on any atom is 0.259 e. The van der Waals surface area contributed by atoms with Crippen LogP contribution in [0.15, 0.2) is 59.6 Å². The molecular weight excluding hydrogens is 404 g/mol. The Morgan fingerprint density at radius 3 is 2.31 bits per heavy atom. The van der Waals surface area contributed by atoms with Crippen LogP contribution < -0.4 is 5.73 Å². The largest absolute Gasteiger partial charge is 0.508 e. The molecule has 0 aromatic heterocycles. The summed E-state index contributed by atoms with van der Waals surface area (Å²) < 4.78 is 0. The van der Waals surface area contributed by atoms with Crippen LogP contribution in [0, 0.1) is 5.92 Å². The van der Waals surface area contributed by atoms with Gasteiger partial charge in [0.1, 0.15) is 5.75 Å². The van der Waals surface area contributed by atoms with Gasteiger partial charge in [-0.25, -0.2) is 4.99 Å². The summed E-state index contributed by atoms with van der Waals surface area (Å²) in [5.74, 6) is 0.376. The number of phenols is 1. The van der Waals surface area contributed by atoms with Crippen LogP contribution in [-0.2, 0) is 16.9 Å². The average molecular weight is 437 g/mol. The van der Waals surface area contributed by atoms with E-state index in [0.717, 1.165) is 31.2 Å². The lowest BCUT2D eigenvalue weighted by molar-refractivity contribution is -0.160. The normalized spacial score (nSPS) is 19.7. The number of phenolic OH excluding ortho intramolecular Hbond substituents is 1. The zero-order chi connectivity index (χ0) is 22.6. The second kappa shape index (κ2) is 9.61. The van der Waals surface area contributed by atoms with Gasteiger partial charge in [-0.2, -0.15) is 0 Å². The van der Waals surface area contributed by atoms with Gasteiger partial charge in [-0.15, -0.1) is 0 Å². The molecule has 1 heterocycles. The van der Waals surface area contributed by atoms with Gasteiger partial charge in [-0.05, 0) is 36.1 Å². The molecule has 4 rings (SSSR count). The first-order valence-corrected chi connectivity index (χ1v) is 11.4. The Kier molecular flexibility index (Phi) is 6.65. The van der Waals surface area contributed by atoms with Crippen LogP contribution in [0.4, 0.5) is 0 Å². The van der Waals surface area contributed by atoms with E-state index >= 15 is 0 Å². The summed E-state index contributed by atoms with van der Waals surface area (Å²) in [5, 5.41) is 21.3. The number of hydrogen-bond donors (Lipinski definition) is 3. The van der Waals surface area contributed by atoms with Crippen LogP contribution in [-0.4, -0.2) is 58.1 Å². The fourth-order valence-electron chi connectivity index (χ4n) is 4.88. The number of carbonyl (C=O) groups excluding carboxylic acids is 1. The minimum Gasteiger partial charge on any atom is -0.508 e. The highest BCUT2D eigenvalue weighted by Crippen LogP contribution is 2.42. The second-order valence-corrected chi connectivity index (χ2v) is 8.74. The molecule has 1 atom stereocenters. The first-order valence-electron chi connectivity index (χ1n) is 11.4. The lowest BCUT2D eigenvalue weighted by Gasteiger charge is -2.41. The smallest absolute Gasteiger partial charge is 0.259 e. The standard InChI is InChI=1S/C25H32N4O3/c26-24(27-18-19-7-6-12-22(30)17-19)29-15-13-28(14-16-29)23(31)25(32,21-10-4-5-11-21)20-8-2-1-3-9-20/h1-3,6-9,12,17,21,30,32H,4-5,10-11,13-16,18H2,(H2,26,27)/t25-/m0/s1. The Hall–Kier alpha value is -3.06. The van der Waals surface area contributed by atoms with Crippen molar-refractivity contribution in [2.24, 2.45) is 16.6 Å². The van der Waals surface area contributed by atoms with Crippen LogP contribution in [0.3, 0.4) is 0 Å². The molecule has 4 N–H and O–H groups in total. The fraction of sp³-hybridized carbons (Fsp3) is 0.440. The third-order valence-electron chi connectivity index (χ3n) is 6.71. The van der Waals surface area contributed by atoms with Crippen LogP contribution in [0.25, 0.3) is 0 Å². The molecule has 1 aliphatic carbocycles. The number of hydrogen-bond acceptors (Lipinski definition) is 4. The molecule has 2 aromatic carbocycles. The van der Waals surface area contributed by atoms with E-state index in [0.29, 0.717) is 44.2 Å². The van der Waals surface area contributed by atoms with E-state index in [4.69, 9.17) is 5.73 Å². The van der Waals surface area contributed by atoms with Crippen molar-refractivity contribution in [1.82, 2.24) is 9.80 Å². The van der Waals surface area contributed by atoms with E-state index in [1.165, 1.54) is 0 Å². The van der Waals surface area contributed by atoms with Gasteiger partial charge < -0.3 is 25.7 Å². The summed E-state index contributed by atoms with van der Waals surface area (Å²) in [5.41, 5.74) is 6.28. The number of aliphatic imine (C=N–C) groups is 1. The number of benzene rings is 2. The number of piperazine rings is 1. The van der Waals surface area contributed by atoms with Gasteiger partial charge in [0, 0.05) is 32.1 Å². The van der Waals surface area contributed by atoms with Gasteiger partial charge in [0.15, 0.2) is 11.6 Å². The zero-order valence-corrected chi connectivity index (χ0v) is 18.4. The maximum absolute atomic E-state index is 13.6. The molecule has 1 amide bonds. The Labute approximate surface area is 189 Å². The van der Waals surface area contributed by atoms with Crippen LogP contribution in [0.5, 0.6) is 5.75 Å². The lowest BCUT2D eigenvalue weighted by Crippen LogP contribution is -2.58. The summed E-state index contributed by atoms with van der Waals surface area (Å²) in [4.78, 5) is 21.8. The van der Waals surface area contributed by atoms with Crippen LogP contribution in [0.1, 0.15) is 36.8 Å². The molecule has 2 fully saturated rings. The number of aromatic hydroxyl groups is 1. The number of nitrogens with two attached hydrogens (primary N) is 1. The number of nitrogens with zero attached hydrogens (tertiary/aromatic N) is 3. The van der Waals surface area contributed by atoms with E-state index in [1.807, 2.05) is 41.3 Å². The maximum atomic E-state index is 13.6. The van der Waals surface area contributed by atoms with Crippen molar-refractivity contribution in [1.29, 1.82) is 0 Å². The highest BCUT2D eigenvalue weighted by atomic mass is 16.3. The molecule has 0 spiro atoms. The molecule has 170 valence electrons. The van der Waals surface area contributed by atoms with Crippen molar-refractivity contribution in [2.75, 3.05) is 26.2 Å². The van der Waals surface area contributed by atoms with Gasteiger partial charge in [-0.3, -0.25) is 4.79 Å². The summed E-state index contributed by atoms with van der Waals surface area (Å²) >= 11 is 0.